The molecule has 2 aromatic heterocycles. The second-order valence-corrected chi connectivity index (χ2v) is 9.20. The number of H-pyrrole nitrogens is 1. The Hall–Kier alpha value is -4.20. The summed E-state index contributed by atoms with van der Waals surface area (Å²) in [5.74, 6) is -1.48. The van der Waals surface area contributed by atoms with Gasteiger partial charge in [0.15, 0.2) is 0 Å². The van der Waals surface area contributed by atoms with Crippen molar-refractivity contribution < 1.29 is 14.4 Å². The molecular formula is C29H32N4O4. The van der Waals surface area contributed by atoms with Crippen molar-refractivity contribution >= 4 is 39.4 Å². The molecule has 4 rings (SSSR count). The van der Waals surface area contributed by atoms with Crippen molar-refractivity contribution in [2.45, 2.75) is 40.7 Å². The van der Waals surface area contributed by atoms with E-state index in [9.17, 15) is 19.2 Å². The Morgan fingerprint density at radius 2 is 1.68 bits per heavy atom. The fourth-order valence-corrected chi connectivity index (χ4v) is 4.70. The zero-order valence-corrected chi connectivity index (χ0v) is 21.7. The molecule has 2 N–H and O–H groups in total. The van der Waals surface area contributed by atoms with Gasteiger partial charge in [-0.05, 0) is 57.4 Å². The van der Waals surface area contributed by atoms with Gasteiger partial charge in [0, 0.05) is 47.7 Å². The van der Waals surface area contributed by atoms with Gasteiger partial charge in [-0.2, -0.15) is 0 Å². The van der Waals surface area contributed by atoms with Crippen LogP contribution in [0.3, 0.4) is 0 Å². The number of likely N-dealkylation sites (N-methyl/N-ethyl adjacent to an activating group) is 1. The van der Waals surface area contributed by atoms with Crippen LogP contribution >= 0.6 is 0 Å². The number of aromatic amines is 1. The highest BCUT2D eigenvalue weighted by Crippen LogP contribution is 2.23. The number of ketones is 1. The molecule has 4 aromatic rings. The first-order valence-electron chi connectivity index (χ1n) is 12.5. The number of hydrogen-bond acceptors (Lipinski definition) is 4. The molecule has 192 valence electrons. The molecule has 0 radical (unpaired) electrons. The Balaban J connectivity index is 1.50. The SMILES string of the molecule is CCN(CC)C(=O)Cn1cc(C(=O)C(=O)NCCc2cc3c(C)ccc(C)c3[nH]c2=O)c2ccccc21. The van der Waals surface area contributed by atoms with Crippen LogP contribution in [0.4, 0.5) is 0 Å². The van der Waals surface area contributed by atoms with E-state index in [1.54, 1.807) is 27.8 Å². The molecule has 0 aliphatic carbocycles. The van der Waals surface area contributed by atoms with Crippen molar-refractivity contribution in [2.75, 3.05) is 19.6 Å². The summed E-state index contributed by atoms with van der Waals surface area (Å²) >= 11 is 0. The fourth-order valence-electron chi connectivity index (χ4n) is 4.70. The first-order chi connectivity index (χ1) is 17.7. The number of fused-ring (bicyclic) bond motifs is 2. The number of nitrogens with one attached hydrogen (secondary N) is 2. The van der Waals surface area contributed by atoms with Crippen LogP contribution in [0.25, 0.3) is 21.8 Å². The Labute approximate surface area is 215 Å². The van der Waals surface area contributed by atoms with Crippen molar-refractivity contribution in [3.63, 3.8) is 0 Å². The van der Waals surface area contributed by atoms with Crippen LogP contribution < -0.4 is 10.9 Å². The predicted molar refractivity (Wildman–Crippen MR) is 145 cm³/mol. The van der Waals surface area contributed by atoms with Gasteiger partial charge in [0.2, 0.25) is 5.91 Å². The Morgan fingerprint density at radius 1 is 0.973 bits per heavy atom. The summed E-state index contributed by atoms with van der Waals surface area (Å²) in [6, 6.07) is 13.1. The summed E-state index contributed by atoms with van der Waals surface area (Å²) in [4.78, 5) is 55.8. The fraction of sp³-hybridized carbons (Fsp3) is 0.310. The maximum Gasteiger partial charge on any atom is 0.292 e. The van der Waals surface area contributed by atoms with Crippen molar-refractivity contribution in [1.82, 2.24) is 19.8 Å². The van der Waals surface area contributed by atoms with E-state index in [0.717, 1.165) is 22.0 Å². The average molecular weight is 501 g/mol. The highest BCUT2D eigenvalue weighted by atomic mass is 16.2. The average Bonchev–Trinajstić information content (AvgIpc) is 3.25. The standard InChI is InChI=1S/C29H32N4O4/c1-5-32(6-2)25(34)17-33-16-23(21-9-7-8-10-24(21)33)27(35)29(37)30-14-13-20-15-22-18(3)11-12-19(4)26(22)31-28(20)36/h7-12,15-16H,5-6,13-14,17H2,1-4H3,(H,30,37)(H,31,36). The largest absolute Gasteiger partial charge is 0.349 e. The third kappa shape index (κ3) is 5.18. The quantitative estimate of drug-likeness (QED) is 0.271. The van der Waals surface area contributed by atoms with Gasteiger partial charge in [0.05, 0.1) is 11.1 Å². The number of aromatic nitrogens is 2. The van der Waals surface area contributed by atoms with Gasteiger partial charge in [-0.3, -0.25) is 19.2 Å². The van der Waals surface area contributed by atoms with E-state index in [1.165, 1.54) is 0 Å². The molecule has 0 spiro atoms. The summed E-state index contributed by atoms with van der Waals surface area (Å²) in [7, 11) is 0. The number of carbonyl (C=O) groups is 3. The number of amides is 2. The van der Waals surface area contributed by atoms with Crippen LogP contribution in [0.15, 0.2) is 53.5 Å². The zero-order chi connectivity index (χ0) is 26.7. The van der Waals surface area contributed by atoms with E-state index in [-0.39, 0.29) is 36.5 Å². The van der Waals surface area contributed by atoms with E-state index < -0.39 is 11.7 Å². The first kappa shape index (κ1) is 25.9. The Morgan fingerprint density at radius 3 is 2.41 bits per heavy atom. The van der Waals surface area contributed by atoms with E-state index in [4.69, 9.17) is 0 Å². The molecule has 0 aliphatic rings. The number of hydrogen-bond donors (Lipinski definition) is 2. The van der Waals surface area contributed by atoms with Gasteiger partial charge >= 0.3 is 0 Å². The third-order valence-electron chi connectivity index (χ3n) is 6.86. The van der Waals surface area contributed by atoms with Crippen molar-refractivity contribution in [1.29, 1.82) is 0 Å². The number of rotatable bonds is 9. The van der Waals surface area contributed by atoms with Crippen LogP contribution in [-0.2, 0) is 22.6 Å². The molecule has 8 nitrogen and oxygen atoms in total. The second-order valence-electron chi connectivity index (χ2n) is 9.20. The number of Topliss-reactive ketones (excluding diaryl/α,β-unsaturated/α-hetero) is 1. The topological polar surface area (TPSA) is 104 Å². The van der Waals surface area contributed by atoms with Crippen LogP contribution in [0.2, 0.25) is 0 Å². The molecule has 2 heterocycles. The summed E-state index contributed by atoms with van der Waals surface area (Å²) in [5.41, 5.74) is 4.14. The number of benzene rings is 2. The summed E-state index contributed by atoms with van der Waals surface area (Å²) in [5, 5.41) is 4.24. The second kappa shape index (κ2) is 10.8. The van der Waals surface area contributed by atoms with Crippen molar-refractivity contribution in [3.05, 3.63) is 81.3 Å². The lowest BCUT2D eigenvalue weighted by molar-refractivity contribution is -0.131. The van der Waals surface area contributed by atoms with Gasteiger partial charge in [-0.15, -0.1) is 0 Å². The molecular weight excluding hydrogens is 468 g/mol. The van der Waals surface area contributed by atoms with Gasteiger partial charge < -0.3 is 19.8 Å². The maximum atomic E-state index is 13.1. The number of para-hydroxylation sites is 1. The first-order valence-corrected chi connectivity index (χ1v) is 12.5. The van der Waals surface area contributed by atoms with E-state index >= 15 is 0 Å². The zero-order valence-electron chi connectivity index (χ0n) is 21.7. The molecule has 37 heavy (non-hydrogen) atoms. The van der Waals surface area contributed by atoms with Gasteiger partial charge in [-0.1, -0.05) is 30.3 Å². The minimum atomic E-state index is -0.748. The lowest BCUT2D eigenvalue weighted by atomic mass is 10.0. The summed E-state index contributed by atoms with van der Waals surface area (Å²) in [6.07, 6.45) is 1.87. The van der Waals surface area contributed by atoms with E-state index in [1.807, 2.05) is 58.0 Å². The lowest BCUT2D eigenvalue weighted by Gasteiger charge is -2.19. The predicted octanol–water partition coefficient (Wildman–Crippen LogP) is 3.51. The number of carbonyl (C=O) groups excluding carboxylic acids is 3. The monoisotopic (exact) mass is 500 g/mol. The minimum Gasteiger partial charge on any atom is -0.349 e. The molecule has 8 heteroatoms. The van der Waals surface area contributed by atoms with Crippen molar-refractivity contribution in [2.24, 2.45) is 0 Å². The Bertz CT molecular complexity index is 1560. The summed E-state index contributed by atoms with van der Waals surface area (Å²) < 4.78 is 1.72. The highest BCUT2D eigenvalue weighted by Gasteiger charge is 2.22. The smallest absolute Gasteiger partial charge is 0.292 e. The molecule has 0 atom stereocenters. The molecule has 0 unspecified atom stereocenters. The molecule has 0 bridgehead atoms. The lowest BCUT2D eigenvalue weighted by Crippen LogP contribution is -2.34. The van der Waals surface area contributed by atoms with Crippen LogP contribution in [0.1, 0.15) is 40.9 Å². The molecule has 0 saturated heterocycles. The molecule has 0 aliphatic heterocycles. The number of aryl methyl sites for hydroxylation is 2. The van der Waals surface area contributed by atoms with E-state index in [0.29, 0.717) is 29.6 Å². The van der Waals surface area contributed by atoms with Crippen LogP contribution in [0, 0.1) is 13.8 Å². The van der Waals surface area contributed by atoms with E-state index in [2.05, 4.69) is 10.3 Å². The summed E-state index contributed by atoms with van der Waals surface area (Å²) in [6.45, 7) is 9.19. The number of nitrogens with zero attached hydrogens (tertiary/aromatic N) is 2. The normalized spacial score (nSPS) is 11.1. The van der Waals surface area contributed by atoms with Crippen LogP contribution in [0.5, 0.6) is 0 Å². The van der Waals surface area contributed by atoms with Crippen molar-refractivity contribution in [3.8, 4) is 0 Å². The van der Waals surface area contributed by atoms with Gasteiger partial charge in [0.1, 0.15) is 6.54 Å². The minimum absolute atomic E-state index is 0.0553. The molecule has 2 amide bonds. The van der Waals surface area contributed by atoms with Gasteiger partial charge in [-0.25, -0.2) is 0 Å². The Kier molecular flexibility index (Phi) is 7.57. The molecule has 2 aromatic carbocycles. The van der Waals surface area contributed by atoms with Crippen LogP contribution in [-0.4, -0.2) is 51.7 Å². The third-order valence-corrected chi connectivity index (χ3v) is 6.86. The maximum absolute atomic E-state index is 13.1. The highest BCUT2D eigenvalue weighted by molar-refractivity contribution is 6.45. The number of pyridine rings is 1. The van der Waals surface area contributed by atoms with Gasteiger partial charge in [0.25, 0.3) is 17.2 Å². The molecule has 0 saturated carbocycles. The molecule has 0 fully saturated rings.